The van der Waals surface area contributed by atoms with Crippen LogP contribution in [-0.4, -0.2) is 16.8 Å². The van der Waals surface area contributed by atoms with E-state index in [4.69, 9.17) is 5.11 Å². The molecular formula is C16H14O2. The first-order valence-corrected chi connectivity index (χ1v) is 6.05. The molecule has 0 radical (unpaired) electrons. The van der Waals surface area contributed by atoms with Gasteiger partial charge in [0.1, 0.15) is 5.76 Å². The van der Waals surface area contributed by atoms with Gasteiger partial charge in [-0.15, -0.1) is 0 Å². The molecule has 90 valence electrons. The van der Waals surface area contributed by atoms with Crippen molar-refractivity contribution in [1.29, 1.82) is 0 Å². The molecule has 0 bridgehead atoms. The molecule has 0 fully saturated rings. The van der Waals surface area contributed by atoms with Crippen molar-refractivity contribution in [3.63, 3.8) is 0 Å². The van der Waals surface area contributed by atoms with Crippen LogP contribution < -0.4 is 0 Å². The molecular weight excluding hydrogens is 224 g/mol. The van der Waals surface area contributed by atoms with Crippen molar-refractivity contribution in [2.75, 3.05) is 6.61 Å². The molecule has 0 saturated carbocycles. The Labute approximate surface area is 106 Å². The van der Waals surface area contributed by atoms with Gasteiger partial charge in [-0.05, 0) is 22.3 Å². The van der Waals surface area contributed by atoms with E-state index in [1.165, 1.54) is 0 Å². The van der Waals surface area contributed by atoms with Gasteiger partial charge in [0.05, 0.1) is 6.61 Å². The fourth-order valence-corrected chi connectivity index (χ4v) is 2.56. The van der Waals surface area contributed by atoms with Crippen LogP contribution in [0.5, 0.6) is 0 Å². The van der Waals surface area contributed by atoms with Crippen LogP contribution in [0.1, 0.15) is 17.5 Å². The summed E-state index contributed by atoms with van der Waals surface area (Å²) in [4.78, 5) is 0. The second kappa shape index (κ2) is 4.31. The zero-order valence-corrected chi connectivity index (χ0v) is 9.93. The Morgan fingerprint density at radius 2 is 1.22 bits per heavy atom. The average molecular weight is 238 g/mol. The Morgan fingerprint density at radius 1 is 0.778 bits per heavy atom. The summed E-state index contributed by atoms with van der Waals surface area (Å²) < 4.78 is 0. The van der Waals surface area contributed by atoms with Gasteiger partial charge < -0.3 is 10.2 Å². The molecule has 1 aliphatic rings. The highest BCUT2D eigenvalue weighted by molar-refractivity contribution is 6.01. The number of hydrogen-bond donors (Lipinski definition) is 2. The molecule has 0 aromatic heterocycles. The number of benzene rings is 2. The maximum absolute atomic E-state index is 10.2. The minimum atomic E-state index is -0.0420. The van der Waals surface area contributed by atoms with E-state index in [9.17, 15) is 5.11 Å². The lowest BCUT2D eigenvalue weighted by Crippen LogP contribution is -1.93. The van der Waals surface area contributed by atoms with Gasteiger partial charge in [-0.1, -0.05) is 48.5 Å². The molecule has 0 unspecified atom stereocenters. The van der Waals surface area contributed by atoms with Crippen molar-refractivity contribution in [1.82, 2.24) is 0 Å². The molecule has 18 heavy (non-hydrogen) atoms. The summed E-state index contributed by atoms with van der Waals surface area (Å²) in [5, 5.41) is 19.2. The average Bonchev–Trinajstić information content (AvgIpc) is 2.73. The van der Waals surface area contributed by atoms with Crippen molar-refractivity contribution < 1.29 is 10.2 Å². The minimum Gasteiger partial charge on any atom is -0.512 e. The third-order valence-electron chi connectivity index (χ3n) is 3.32. The standard InChI is InChI=1S/C16H14O2/c17-10-9-15(18)16-13-7-3-1-5-11(13)12-6-2-4-8-14(12)16/h1-8,17-18H,9-10H2. The van der Waals surface area contributed by atoms with Gasteiger partial charge in [-0.2, -0.15) is 0 Å². The number of fused-ring (bicyclic) bond motifs is 3. The van der Waals surface area contributed by atoms with Crippen LogP contribution in [0, 0.1) is 0 Å². The number of aliphatic hydroxyl groups is 2. The van der Waals surface area contributed by atoms with Crippen molar-refractivity contribution in [3.05, 3.63) is 65.4 Å². The predicted octanol–water partition coefficient (Wildman–Crippen LogP) is 3.37. The zero-order chi connectivity index (χ0) is 12.5. The number of aliphatic hydroxyl groups excluding tert-OH is 2. The lowest BCUT2D eigenvalue weighted by Gasteiger charge is -2.06. The molecule has 0 heterocycles. The highest BCUT2D eigenvalue weighted by Crippen LogP contribution is 2.45. The molecule has 2 heteroatoms. The molecule has 2 aromatic carbocycles. The van der Waals surface area contributed by atoms with E-state index >= 15 is 0 Å². The normalized spacial score (nSPS) is 12.2. The van der Waals surface area contributed by atoms with E-state index in [1.807, 2.05) is 36.4 Å². The minimum absolute atomic E-state index is 0.0420. The van der Waals surface area contributed by atoms with Gasteiger partial charge in [0.25, 0.3) is 0 Å². The Bertz CT molecular complexity index is 579. The van der Waals surface area contributed by atoms with E-state index in [0.29, 0.717) is 0 Å². The predicted molar refractivity (Wildman–Crippen MR) is 72.2 cm³/mol. The second-order valence-electron chi connectivity index (χ2n) is 4.39. The van der Waals surface area contributed by atoms with Gasteiger partial charge >= 0.3 is 0 Å². The Balaban J connectivity index is 2.31. The quantitative estimate of drug-likeness (QED) is 0.672. The fraction of sp³-hybridized carbons (Fsp3) is 0.125. The van der Waals surface area contributed by atoms with Gasteiger partial charge in [0, 0.05) is 12.0 Å². The molecule has 0 amide bonds. The molecule has 3 rings (SSSR count). The van der Waals surface area contributed by atoms with E-state index in [1.54, 1.807) is 0 Å². The van der Waals surface area contributed by atoms with Gasteiger partial charge in [0.2, 0.25) is 0 Å². The van der Waals surface area contributed by atoms with Gasteiger partial charge in [-0.3, -0.25) is 0 Å². The van der Waals surface area contributed by atoms with E-state index in [0.717, 1.165) is 27.8 Å². The van der Waals surface area contributed by atoms with Crippen LogP contribution >= 0.6 is 0 Å². The fourth-order valence-electron chi connectivity index (χ4n) is 2.56. The summed E-state index contributed by atoms with van der Waals surface area (Å²) in [5.74, 6) is 0.259. The van der Waals surface area contributed by atoms with E-state index < -0.39 is 0 Å². The first-order valence-electron chi connectivity index (χ1n) is 6.05. The molecule has 1 aliphatic carbocycles. The van der Waals surface area contributed by atoms with E-state index in [2.05, 4.69) is 12.1 Å². The summed E-state index contributed by atoms with van der Waals surface area (Å²) in [7, 11) is 0. The zero-order valence-electron chi connectivity index (χ0n) is 9.93. The molecule has 2 nitrogen and oxygen atoms in total. The third kappa shape index (κ3) is 1.54. The molecule has 0 saturated heterocycles. The summed E-state index contributed by atoms with van der Waals surface area (Å²) >= 11 is 0. The van der Waals surface area contributed by atoms with Gasteiger partial charge in [-0.25, -0.2) is 0 Å². The Morgan fingerprint density at radius 3 is 1.67 bits per heavy atom. The number of hydrogen-bond acceptors (Lipinski definition) is 2. The monoisotopic (exact) mass is 238 g/mol. The largest absolute Gasteiger partial charge is 0.512 e. The van der Waals surface area contributed by atoms with Crippen LogP contribution in [0.3, 0.4) is 0 Å². The van der Waals surface area contributed by atoms with Crippen LogP contribution in [0.2, 0.25) is 0 Å². The molecule has 2 aromatic rings. The smallest absolute Gasteiger partial charge is 0.103 e. The maximum atomic E-state index is 10.2. The SMILES string of the molecule is OCCC(O)=C1c2ccccc2-c2ccccc21. The summed E-state index contributed by atoms with van der Waals surface area (Å²) in [5.41, 5.74) is 5.24. The molecule has 2 N–H and O–H groups in total. The molecule has 0 atom stereocenters. The lowest BCUT2D eigenvalue weighted by atomic mass is 10.0. The summed E-state index contributed by atoms with van der Waals surface area (Å²) in [6, 6.07) is 16.1. The summed E-state index contributed by atoms with van der Waals surface area (Å²) in [6.45, 7) is -0.0420. The van der Waals surface area contributed by atoms with Crippen LogP contribution in [0.15, 0.2) is 54.3 Å². The molecule has 0 aliphatic heterocycles. The van der Waals surface area contributed by atoms with Crippen LogP contribution in [0.4, 0.5) is 0 Å². The Kier molecular flexibility index (Phi) is 2.65. The van der Waals surface area contributed by atoms with Crippen molar-refractivity contribution in [3.8, 4) is 11.1 Å². The molecule has 0 spiro atoms. The maximum Gasteiger partial charge on any atom is 0.103 e. The topological polar surface area (TPSA) is 40.5 Å². The first kappa shape index (κ1) is 11.1. The Hall–Kier alpha value is -2.06. The van der Waals surface area contributed by atoms with Crippen molar-refractivity contribution >= 4 is 5.57 Å². The third-order valence-corrected chi connectivity index (χ3v) is 3.32. The highest BCUT2D eigenvalue weighted by Gasteiger charge is 2.25. The second-order valence-corrected chi connectivity index (χ2v) is 4.39. The van der Waals surface area contributed by atoms with Crippen molar-refractivity contribution in [2.45, 2.75) is 6.42 Å². The number of rotatable bonds is 2. The first-order chi connectivity index (χ1) is 8.83. The van der Waals surface area contributed by atoms with E-state index in [-0.39, 0.29) is 18.8 Å². The van der Waals surface area contributed by atoms with Crippen LogP contribution in [0.25, 0.3) is 16.7 Å². The summed E-state index contributed by atoms with van der Waals surface area (Å²) in [6.07, 6.45) is 0.290. The lowest BCUT2D eigenvalue weighted by molar-refractivity contribution is 0.269. The highest BCUT2D eigenvalue weighted by atomic mass is 16.3. The van der Waals surface area contributed by atoms with Crippen molar-refractivity contribution in [2.24, 2.45) is 0 Å². The van der Waals surface area contributed by atoms with Crippen LogP contribution in [-0.2, 0) is 0 Å². The van der Waals surface area contributed by atoms with Gasteiger partial charge in [0.15, 0.2) is 0 Å².